The maximum atomic E-state index is 9.49. The molecule has 0 saturated heterocycles. The molecule has 0 bridgehead atoms. The van der Waals surface area contributed by atoms with Crippen LogP contribution in [0.3, 0.4) is 0 Å². The van der Waals surface area contributed by atoms with Crippen LogP contribution < -0.4 is 11.1 Å². The highest BCUT2D eigenvalue weighted by Crippen LogP contribution is 2.29. The third-order valence-corrected chi connectivity index (χ3v) is 4.69. The first kappa shape index (κ1) is 16.1. The predicted octanol–water partition coefficient (Wildman–Crippen LogP) is 3.13. The molecular weight excluding hydrogens is 295 g/mol. The van der Waals surface area contributed by atoms with E-state index in [0.29, 0.717) is 28.5 Å². The van der Waals surface area contributed by atoms with Crippen molar-refractivity contribution in [1.29, 1.82) is 0 Å². The van der Waals surface area contributed by atoms with Crippen molar-refractivity contribution >= 4 is 23.2 Å². The van der Waals surface area contributed by atoms with Gasteiger partial charge in [-0.3, -0.25) is 0 Å². The zero-order valence-electron chi connectivity index (χ0n) is 11.5. The molecule has 3 nitrogen and oxygen atoms in total. The monoisotopic (exact) mass is 316 g/mol. The van der Waals surface area contributed by atoms with E-state index in [-0.39, 0.29) is 12.6 Å². The zero-order valence-corrected chi connectivity index (χ0v) is 13.0. The number of benzene rings is 1. The summed E-state index contributed by atoms with van der Waals surface area (Å²) in [5.74, 6) is 0.309. The van der Waals surface area contributed by atoms with Gasteiger partial charge in [0.25, 0.3) is 0 Å². The predicted molar refractivity (Wildman–Crippen MR) is 84.2 cm³/mol. The van der Waals surface area contributed by atoms with E-state index in [1.54, 1.807) is 6.07 Å². The second-order valence-corrected chi connectivity index (χ2v) is 6.30. The lowest BCUT2D eigenvalue weighted by Crippen LogP contribution is -2.44. The molecule has 0 aromatic heterocycles. The second kappa shape index (κ2) is 7.62. The fourth-order valence-corrected chi connectivity index (χ4v) is 3.51. The number of aliphatic hydroxyl groups excluding tert-OH is 1. The van der Waals surface area contributed by atoms with Crippen LogP contribution >= 0.6 is 23.2 Å². The van der Waals surface area contributed by atoms with Gasteiger partial charge in [0, 0.05) is 35.3 Å². The Balaban J connectivity index is 2.11. The lowest BCUT2D eigenvalue weighted by Gasteiger charge is -2.34. The first-order chi connectivity index (χ1) is 9.65. The minimum atomic E-state index is -0.00285. The maximum absolute atomic E-state index is 9.49. The Morgan fingerprint density at radius 1 is 1.30 bits per heavy atom. The molecule has 1 aliphatic carbocycles. The van der Waals surface area contributed by atoms with E-state index < -0.39 is 0 Å². The van der Waals surface area contributed by atoms with Crippen LogP contribution in [0.15, 0.2) is 18.2 Å². The summed E-state index contributed by atoms with van der Waals surface area (Å²) in [6, 6.07) is 5.79. The third kappa shape index (κ3) is 3.86. The molecule has 2 rings (SSSR count). The Morgan fingerprint density at radius 2 is 2.05 bits per heavy atom. The summed E-state index contributed by atoms with van der Waals surface area (Å²) in [7, 11) is 0. The summed E-state index contributed by atoms with van der Waals surface area (Å²) in [6.07, 6.45) is 4.53. The number of hydrogen-bond acceptors (Lipinski definition) is 3. The summed E-state index contributed by atoms with van der Waals surface area (Å²) >= 11 is 12.2. The van der Waals surface area contributed by atoms with Crippen molar-refractivity contribution < 1.29 is 5.11 Å². The molecule has 4 N–H and O–H groups in total. The largest absolute Gasteiger partial charge is 0.396 e. The van der Waals surface area contributed by atoms with Crippen molar-refractivity contribution in [2.24, 2.45) is 11.7 Å². The minimum absolute atomic E-state index is 0.00285. The van der Waals surface area contributed by atoms with Crippen LogP contribution in [0, 0.1) is 5.92 Å². The highest BCUT2D eigenvalue weighted by atomic mass is 35.5. The van der Waals surface area contributed by atoms with Gasteiger partial charge in [0.05, 0.1) is 0 Å². The second-order valence-electron chi connectivity index (χ2n) is 5.45. The van der Waals surface area contributed by atoms with Gasteiger partial charge in [-0.05, 0) is 36.5 Å². The van der Waals surface area contributed by atoms with E-state index in [1.165, 1.54) is 12.8 Å². The number of halogens is 2. The van der Waals surface area contributed by atoms with Gasteiger partial charge in [-0.1, -0.05) is 42.1 Å². The number of nitrogens with two attached hydrogens (primary N) is 1. The molecule has 0 heterocycles. The van der Waals surface area contributed by atoms with Gasteiger partial charge in [0.1, 0.15) is 0 Å². The minimum Gasteiger partial charge on any atom is -0.396 e. The van der Waals surface area contributed by atoms with Gasteiger partial charge in [-0.2, -0.15) is 0 Å². The molecule has 0 radical (unpaired) electrons. The van der Waals surface area contributed by atoms with Crippen LogP contribution in [0.5, 0.6) is 0 Å². The molecule has 1 aliphatic rings. The Labute approximate surface area is 130 Å². The quantitative estimate of drug-likeness (QED) is 0.782. The highest BCUT2D eigenvalue weighted by molar-refractivity contribution is 6.35. The van der Waals surface area contributed by atoms with Crippen LogP contribution in [-0.4, -0.2) is 24.3 Å². The van der Waals surface area contributed by atoms with Crippen LogP contribution in [0.1, 0.15) is 37.3 Å². The summed E-state index contributed by atoms with van der Waals surface area (Å²) < 4.78 is 0. The normalized spacial score (nSPS) is 24.6. The fraction of sp³-hybridized carbons (Fsp3) is 0.600. The summed E-state index contributed by atoms with van der Waals surface area (Å²) in [4.78, 5) is 0. The highest BCUT2D eigenvalue weighted by Gasteiger charge is 2.27. The van der Waals surface area contributed by atoms with Crippen molar-refractivity contribution in [3.63, 3.8) is 0 Å². The van der Waals surface area contributed by atoms with Gasteiger partial charge in [-0.25, -0.2) is 0 Å². The Morgan fingerprint density at radius 3 is 2.70 bits per heavy atom. The number of aliphatic hydroxyl groups is 1. The van der Waals surface area contributed by atoms with Crippen molar-refractivity contribution in [1.82, 2.24) is 5.32 Å². The van der Waals surface area contributed by atoms with Crippen LogP contribution in [0.4, 0.5) is 0 Å². The molecular formula is C15H22Cl2N2O. The van der Waals surface area contributed by atoms with Crippen molar-refractivity contribution in [3.8, 4) is 0 Å². The molecule has 1 aromatic carbocycles. The zero-order chi connectivity index (χ0) is 14.5. The smallest absolute Gasteiger partial charge is 0.0474 e. The van der Waals surface area contributed by atoms with Crippen LogP contribution in [0.2, 0.25) is 10.0 Å². The Kier molecular flexibility index (Phi) is 6.12. The average Bonchev–Trinajstić information content (AvgIpc) is 2.46. The molecule has 20 heavy (non-hydrogen) atoms. The molecule has 1 aromatic rings. The number of hydrogen-bond donors (Lipinski definition) is 3. The standard InChI is InChI=1S/C15H22Cl2N2O/c16-11-5-6-12(13(17)7-11)15(8-18)19-14-4-2-1-3-10(14)9-20/h5-7,10,14-15,19-20H,1-4,8-9,18H2. The molecule has 3 unspecified atom stereocenters. The lowest BCUT2D eigenvalue weighted by molar-refractivity contribution is 0.146. The van der Waals surface area contributed by atoms with E-state index in [2.05, 4.69) is 5.32 Å². The lowest BCUT2D eigenvalue weighted by atomic mass is 9.84. The van der Waals surface area contributed by atoms with Gasteiger partial charge in [-0.15, -0.1) is 0 Å². The molecule has 3 atom stereocenters. The van der Waals surface area contributed by atoms with Crippen molar-refractivity contribution in [2.45, 2.75) is 37.8 Å². The molecule has 0 aliphatic heterocycles. The van der Waals surface area contributed by atoms with E-state index in [9.17, 15) is 5.11 Å². The Hall–Kier alpha value is -0.320. The summed E-state index contributed by atoms with van der Waals surface area (Å²) in [6.45, 7) is 0.694. The Bertz CT molecular complexity index is 442. The molecule has 5 heteroatoms. The van der Waals surface area contributed by atoms with Crippen LogP contribution in [-0.2, 0) is 0 Å². The van der Waals surface area contributed by atoms with E-state index in [0.717, 1.165) is 18.4 Å². The SMILES string of the molecule is NCC(NC1CCCCC1CO)c1ccc(Cl)cc1Cl. The topological polar surface area (TPSA) is 58.3 Å². The summed E-state index contributed by atoms with van der Waals surface area (Å²) in [5.41, 5.74) is 6.87. The van der Waals surface area contributed by atoms with E-state index >= 15 is 0 Å². The first-order valence-electron chi connectivity index (χ1n) is 7.17. The molecule has 112 valence electrons. The van der Waals surface area contributed by atoms with E-state index in [1.807, 2.05) is 12.1 Å². The first-order valence-corrected chi connectivity index (χ1v) is 7.93. The molecule has 0 spiro atoms. The molecule has 1 saturated carbocycles. The summed E-state index contributed by atoms with van der Waals surface area (Å²) in [5, 5.41) is 14.3. The van der Waals surface area contributed by atoms with Gasteiger partial charge >= 0.3 is 0 Å². The molecule has 0 amide bonds. The van der Waals surface area contributed by atoms with Gasteiger partial charge in [0.2, 0.25) is 0 Å². The maximum Gasteiger partial charge on any atom is 0.0474 e. The third-order valence-electron chi connectivity index (χ3n) is 4.13. The fourth-order valence-electron chi connectivity index (χ4n) is 2.97. The number of nitrogens with one attached hydrogen (secondary N) is 1. The number of rotatable bonds is 5. The van der Waals surface area contributed by atoms with Gasteiger partial charge in [0.15, 0.2) is 0 Å². The average molecular weight is 317 g/mol. The molecule has 1 fully saturated rings. The van der Waals surface area contributed by atoms with E-state index in [4.69, 9.17) is 28.9 Å². The van der Waals surface area contributed by atoms with Crippen LogP contribution in [0.25, 0.3) is 0 Å². The van der Waals surface area contributed by atoms with Gasteiger partial charge < -0.3 is 16.2 Å². The van der Waals surface area contributed by atoms with Crippen molar-refractivity contribution in [2.75, 3.05) is 13.2 Å². The van der Waals surface area contributed by atoms with Crippen molar-refractivity contribution in [3.05, 3.63) is 33.8 Å².